The molecule has 0 bridgehead atoms. The quantitative estimate of drug-likeness (QED) is 0.894. The molecule has 0 amide bonds. The average Bonchev–Trinajstić information content (AvgIpc) is 2.43. The van der Waals surface area contributed by atoms with Gasteiger partial charge in [-0.1, -0.05) is 19.8 Å². The molecule has 1 aliphatic rings. The monoisotopic (exact) mass is 277 g/mol. The molecule has 1 aliphatic carbocycles. The molecule has 1 saturated carbocycles. The lowest BCUT2D eigenvalue weighted by Crippen LogP contribution is -2.32. The molecule has 112 valence electrons. The van der Waals surface area contributed by atoms with Gasteiger partial charge in [0.15, 0.2) is 5.82 Å². The molecule has 1 N–H and O–H groups in total. The molecule has 1 heterocycles. The fourth-order valence-corrected chi connectivity index (χ4v) is 3.13. The molecule has 1 aromatic rings. The highest BCUT2D eigenvalue weighted by Gasteiger charge is 2.21. The first-order valence-corrected chi connectivity index (χ1v) is 7.95. The summed E-state index contributed by atoms with van der Waals surface area (Å²) in [7, 11) is 0. The van der Waals surface area contributed by atoms with Crippen LogP contribution in [0.3, 0.4) is 0 Å². The van der Waals surface area contributed by atoms with E-state index in [0.717, 1.165) is 18.8 Å². The minimum absolute atomic E-state index is 0.00168. The Morgan fingerprint density at radius 1 is 1.35 bits per heavy atom. The highest BCUT2D eigenvalue weighted by atomic mass is 16.1. The van der Waals surface area contributed by atoms with Crippen molar-refractivity contribution in [3.63, 3.8) is 0 Å². The van der Waals surface area contributed by atoms with Gasteiger partial charge in [0.25, 0.3) is 5.56 Å². The van der Waals surface area contributed by atoms with Crippen molar-refractivity contribution in [3.05, 3.63) is 22.7 Å². The number of rotatable bonds is 5. The maximum absolute atomic E-state index is 12.3. The zero-order valence-corrected chi connectivity index (χ0v) is 12.9. The molecule has 1 fully saturated rings. The lowest BCUT2D eigenvalue weighted by atomic mass is 9.83. The van der Waals surface area contributed by atoms with Gasteiger partial charge >= 0.3 is 0 Å². The summed E-state index contributed by atoms with van der Waals surface area (Å²) in [6, 6.07) is 0.581. The summed E-state index contributed by atoms with van der Waals surface area (Å²) in [6.45, 7) is 6.29. The third-order valence-corrected chi connectivity index (χ3v) is 4.31. The highest BCUT2D eigenvalue weighted by Crippen LogP contribution is 2.28. The lowest BCUT2D eigenvalue weighted by Gasteiger charge is -2.29. The maximum Gasteiger partial charge on any atom is 0.293 e. The van der Waals surface area contributed by atoms with Gasteiger partial charge in [-0.2, -0.15) is 0 Å². The third-order valence-electron chi connectivity index (χ3n) is 4.31. The van der Waals surface area contributed by atoms with Crippen molar-refractivity contribution in [2.45, 2.75) is 71.4 Å². The summed E-state index contributed by atoms with van der Waals surface area (Å²) in [5.74, 6) is 1.40. The number of hydrogen-bond donors (Lipinski definition) is 1. The summed E-state index contributed by atoms with van der Waals surface area (Å²) in [5.41, 5.74) is -0.00168. The van der Waals surface area contributed by atoms with Crippen molar-refractivity contribution in [2.24, 2.45) is 5.92 Å². The molecule has 0 spiro atoms. The average molecular weight is 277 g/mol. The van der Waals surface area contributed by atoms with Gasteiger partial charge in [0.1, 0.15) is 0 Å². The van der Waals surface area contributed by atoms with E-state index < -0.39 is 0 Å². The normalized spacial score (nSPS) is 23.0. The summed E-state index contributed by atoms with van der Waals surface area (Å²) in [6.07, 6.45) is 11.0. The summed E-state index contributed by atoms with van der Waals surface area (Å²) in [5, 5.41) is 3.36. The molecule has 0 aromatic carbocycles. The number of nitrogens with zero attached hydrogens (tertiary/aromatic N) is 2. The molecule has 1 aromatic heterocycles. The van der Waals surface area contributed by atoms with Crippen molar-refractivity contribution in [2.75, 3.05) is 5.32 Å². The van der Waals surface area contributed by atoms with Gasteiger partial charge in [0, 0.05) is 24.5 Å². The first-order chi connectivity index (χ1) is 9.61. The third kappa shape index (κ3) is 3.62. The molecule has 0 unspecified atom stereocenters. The number of anilines is 1. The van der Waals surface area contributed by atoms with E-state index in [-0.39, 0.29) is 11.6 Å². The summed E-state index contributed by atoms with van der Waals surface area (Å²) >= 11 is 0. The fraction of sp³-hybridized carbons (Fsp3) is 0.750. The Bertz CT molecular complexity index is 473. The Labute approximate surface area is 121 Å². The first-order valence-electron chi connectivity index (χ1n) is 7.95. The minimum Gasteiger partial charge on any atom is -0.363 e. The van der Waals surface area contributed by atoms with Crippen LogP contribution in [0.2, 0.25) is 0 Å². The lowest BCUT2D eigenvalue weighted by molar-refractivity contribution is 0.318. The predicted octanol–water partition coefficient (Wildman–Crippen LogP) is 3.60. The Balaban J connectivity index is 1.98. The second kappa shape index (κ2) is 6.91. The van der Waals surface area contributed by atoms with E-state index in [4.69, 9.17) is 0 Å². The Kier molecular flexibility index (Phi) is 5.21. The second-order valence-electron chi connectivity index (χ2n) is 6.23. The fourth-order valence-electron chi connectivity index (χ4n) is 3.13. The van der Waals surface area contributed by atoms with Gasteiger partial charge in [0.05, 0.1) is 0 Å². The molecule has 0 aliphatic heterocycles. The van der Waals surface area contributed by atoms with E-state index in [0.29, 0.717) is 11.9 Å². The van der Waals surface area contributed by atoms with Crippen LogP contribution in [-0.2, 0) is 0 Å². The van der Waals surface area contributed by atoms with Gasteiger partial charge in [-0.05, 0) is 45.4 Å². The van der Waals surface area contributed by atoms with Crippen LogP contribution in [0.1, 0.15) is 65.3 Å². The zero-order chi connectivity index (χ0) is 14.5. The van der Waals surface area contributed by atoms with Crippen molar-refractivity contribution >= 4 is 5.82 Å². The molecule has 0 atom stereocenters. The number of hydrogen-bond acceptors (Lipinski definition) is 3. The predicted molar refractivity (Wildman–Crippen MR) is 83.2 cm³/mol. The van der Waals surface area contributed by atoms with Gasteiger partial charge in [-0.25, -0.2) is 4.98 Å². The number of aromatic nitrogens is 2. The van der Waals surface area contributed by atoms with Crippen LogP contribution in [0.25, 0.3) is 0 Å². The molecule has 4 heteroatoms. The van der Waals surface area contributed by atoms with Gasteiger partial charge in [-0.3, -0.25) is 4.79 Å². The second-order valence-corrected chi connectivity index (χ2v) is 6.23. The van der Waals surface area contributed by atoms with Crippen molar-refractivity contribution in [1.29, 1.82) is 0 Å². The van der Waals surface area contributed by atoms with Crippen LogP contribution >= 0.6 is 0 Å². The standard InChI is InChI=1S/C16H27N3O/c1-4-5-13-6-8-14(9-7-13)18-15-16(20)19(12(2)3)11-10-17-15/h10-14H,4-9H2,1-3H3,(H,17,18). The van der Waals surface area contributed by atoms with Crippen molar-refractivity contribution in [1.82, 2.24) is 9.55 Å². The van der Waals surface area contributed by atoms with E-state index in [9.17, 15) is 4.79 Å². The Morgan fingerprint density at radius 3 is 2.65 bits per heavy atom. The Morgan fingerprint density at radius 2 is 2.05 bits per heavy atom. The van der Waals surface area contributed by atoms with E-state index in [2.05, 4.69) is 17.2 Å². The largest absolute Gasteiger partial charge is 0.363 e. The smallest absolute Gasteiger partial charge is 0.293 e. The molecule has 0 saturated heterocycles. The maximum atomic E-state index is 12.3. The van der Waals surface area contributed by atoms with Crippen LogP contribution in [0.5, 0.6) is 0 Å². The van der Waals surface area contributed by atoms with Crippen LogP contribution in [-0.4, -0.2) is 15.6 Å². The summed E-state index contributed by atoms with van der Waals surface area (Å²) in [4.78, 5) is 16.5. The van der Waals surface area contributed by atoms with E-state index in [1.807, 2.05) is 13.8 Å². The van der Waals surface area contributed by atoms with Crippen LogP contribution in [0.15, 0.2) is 17.2 Å². The van der Waals surface area contributed by atoms with E-state index in [1.165, 1.54) is 25.7 Å². The van der Waals surface area contributed by atoms with Crippen molar-refractivity contribution < 1.29 is 0 Å². The molecular formula is C16H27N3O. The number of nitrogens with one attached hydrogen (secondary N) is 1. The molecule has 20 heavy (non-hydrogen) atoms. The highest BCUT2D eigenvalue weighted by molar-refractivity contribution is 5.32. The molecular weight excluding hydrogens is 250 g/mol. The zero-order valence-electron chi connectivity index (χ0n) is 12.9. The molecule has 0 radical (unpaired) electrons. The topological polar surface area (TPSA) is 46.9 Å². The van der Waals surface area contributed by atoms with Crippen LogP contribution in [0, 0.1) is 5.92 Å². The van der Waals surface area contributed by atoms with Gasteiger partial charge < -0.3 is 9.88 Å². The van der Waals surface area contributed by atoms with Gasteiger partial charge in [-0.15, -0.1) is 0 Å². The summed E-state index contributed by atoms with van der Waals surface area (Å²) < 4.78 is 1.73. The van der Waals surface area contributed by atoms with E-state index >= 15 is 0 Å². The molecule has 2 rings (SSSR count). The first kappa shape index (κ1) is 15.1. The van der Waals surface area contributed by atoms with Crippen LogP contribution in [0.4, 0.5) is 5.82 Å². The SMILES string of the molecule is CCCC1CCC(Nc2nccn(C(C)C)c2=O)CC1. The van der Waals surface area contributed by atoms with Crippen LogP contribution < -0.4 is 10.9 Å². The Hall–Kier alpha value is -1.32. The molecule has 4 nitrogen and oxygen atoms in total. The van der Waals surface area contributed by atoms with Gasteiger partial charge in [0.2, 0.25) is 0 Å². The van der Waals surface area contributed by atoms with Crippen molar-refractivity contribution in [3.8, 4) is 0 Å². The van der Waals surface area contributed by atoms with E-state index in [1.54, 1.807) is 17.0 Å². The minimum atomic E-state index is -0.00168.